The molecule has 0 saturated carbocycles. The lowest BCUT2D eigenvalue weighted by molar-refractivity contribution is -0.116. The molecule has 0 aliphatic carbocycles. The predicted molar refractivity (Wildman–Crippen MR) is 125 cm³/mol. The SMILES string of the molecule is O=C(/C=C/C(=O)c1ccccc1)NCC1CN(c2ccc(C3CNCCS3)c(F)c2)C(=O)O1. The third kappa shape index (κ3) is 5.80. The minimum absolute atomic E-state index is 0.0446. The zero-order valence-electron chi connectivity index (χ0n) is 17.8. The second kappa shape index (κ2) is 10.6. The fourth-order valence-electron chi connectivity index (χ4n) is 3.67. The van der Waals surface area contributed by atoms with Crippen molar-refractivity contribution >= 4 is 35.2 Å². The molecule has 2 atom stereocenters. The molecule has 4 rings (SSSR count). The van der Waals surface area contributed by atoms with Gasteiger partial charge >= 0.3 is 6.09 Å². The van der Waals surface area contributed by atoms with E-state index in [1.54, 1.807) is 54.2 Å². The summed E-state index contributed by atoms with van der Waals surface area (Å²) in [5, 5.41) is 5.93. The maximum absolute atomic E-state index is 14.7. The Balaban J connectivity index is 1.30. The molecule has 2 saturated heterocycles. The Labute approximate surface area is 195 Å². The summed E-state index contributed by atoms with van der Waals surface area (Å²) in [6.45, 7) is 1.89. The molecule has 2 aromatic rings. The van der Waals surface area contributed by atoms with Crippen molar-refractivity contribution < 1.29 is 23.5 Å². The van der Waals surface area contributed by atoms with Crippen molar-refractivity contribution in [2.24, 2.45) is 0 Å². The molecule has 7 nitrogen and oxygen atoms in total. The topological polar surface area (TPSA) is 87.7 Å². The monoisotopic (exact) mass is 469 g/mol. The average molecular weight is 470 g/mol. The van der Waals surface area contributed by atoms with E-state index < -0.39 is 18.1 Å². The number of rotatable bonds is 7. The van der Waals surface area contributed by atoms with Crippen molar-refractivity contribution in [1.29, 1.82) is 0 Å². The number of cyclic esters (lactones) is 1. The van der Waals surface area contributed by atoms with Crippen molar-refractivity contribution in [3.05, 3.63) is 77.6 Å². The van der Waals surface area contributed by atoms with Gasteiger partial charge in [-0.25, -0.2) is 9.18 Å². The van der Waals surface area contributed by atoms with Crippen LogP contribution in [0, 0.1) is 5.82 Å². The Morgan fingerprint density at radius 2 is 2.03 bits per heavy atom. The molecule has 2 unspecified atom stereocenters. The van der Waals surface area contributed by atoms with E-state index in [1.165, 1.54) is 17.0 Å². The first-order chi connectivity index (χ1) is 16.0. The van der Waals surface area contributed by atoms with Crippen LogP contribution < -0.4 is 15.5 Å². The highest BCUT2D eigenvalue weighted by molar-refractivity contribution is 7.99. The average Bonchev–Trinajstić information content (AvgIpc) is 3.22. The molecule has 33 heavy (non-hydrogen) atoms. The smallest absolute Gasteiger partial charge is 0.414 e. The Kier molecular flexibility index (Phi) is 7.41. The fraction of sp³-hybridized carbons (Fsp3) is 0.292. The summed E-state index contributed by atoms with van der Waals surface area (Å²) in [5.41, 5.74) is 1.51. The lowest BCUT2D eigenvalue weighted by Crippen LogP contribution is -2.33. The molecular formula is C24H24FN3O4S. The summed E-state index contributed by atoms with van der Waals surface area (Å²) in [4.78, 5) is 37.7. The predicted octanol–water partition coefficient (Wildman–Crippen LogP) is 3.08. The molecule has 172 valence electrons. The van der Waals surface area contributed by atoms with Crippen LogP contribution in [0.15, 0.2) is 60.7 Å². The summed E-state index contributed by atoms with van der Waals surface area (Å²) in [6.07, 6.45) is 1.17. The molecule has 2 aliphatic heterocycles. The lowest BCUT2D eigenvalue weighted by Gasteiger charge is -2.24. The molecule has 2 amide bonds. The van der Waals surface area contributed by atoms with Gasteiger partial charge in [-0.1, -0.05) is 36.4 Å². The van der Waals surface area contributed by atoms with Crippen LogP contribution in [-0.2, 0) is 9.53 Å². The zero-order chi connectivity index (χ0) is 23.2. The van der Waals surface area contributed by atoms with Crippen molar-refractivity contribution in [1.82, 2.24) is 10.6 Å². The summed E-state index contributed by atoms with van der Waals surface area (Å²) < 4.78 is 20.0. The van der Waals surface area contributed by atoms with Gasteiger partial charge in [0.25, 0.3) is 0 Å². The van der Waals surface area contributed by atoms with Crippen LogP contribution >= 0.6 is 11.8 Å². The fourth-order valence-corrected chi connectivity index (χ4v) is 4.83. The quantitative estimate of drug-likeness (QED) is 0.479. The van der Waals surface area contributed by atoms with Crippen molar-refractivity contribution in [3.63, 3.8) is 0 Å². The van der Waals surface area contributed by atoms with Crippen molar-refractivity contribution in [2.45, 2.75) is 11.4 Å². The van der Waals surface area contributed by atoms with E-state index in [0.29, 0.717) is 23.4 Å². The van der Waals surface area contributed by atoms with Crippen molar-refractivity contribution in [3.8, 4) is 0 Å². The molecule has 0 spiro atoms. The number of hydrogen-bond acceptors (Lipinski definition) is 6. The number of thioether (sulfide) groups is 1. The number of anilines is 1. The van der Waals surface area contributed by atoms with Crippen LogP contribution in [-0.4, -0.2) is 55.8 Å². The summed E-state index contributed by atoms with van der Waals surface area (Å²) in [6, 6.07) is 13.4. The third-order valence-electron chi connectivity index (χ3n) is 5.39. The summed E-state index contributed by atoms with van der Waals surface area (Å²) in [7, 11) is 0. The molecular weight excluding hydrogens is 445 g/mol. The molecule has 2 heterocycles. The molecule has 0 aromatic heterocycles. The minimum atomic E-state index is -0.593. The Morgan fingerprint density at radius 3 is 2.76 bits per heavy atom. The molecule has 0 bridgehead atoms. The van der Waals surface area contributed by atoms with Gasteiger partial charge in [0.2, 0.25) is 5.91 Å². The zero-order valence-corrected chi connectivity index (χ0v) is 18.6. The van der Waals surface area contributed by atoms with Gasteiger partial charge in [0.1, 0.15) is 11.9 Å². The van der Waals surface area contributed by atoms with Crippen LogP contribution in [0.4, 0.5) is 14.9 Å². The number of ether oxygens (including phenoxy) is 1. The molecule has 9 heteroatoms. The number of carbonyl (C=O) groups excluding carboxylic acids is 3. The first kappa shape index (κ1) is 23.0. The number of benzene rings is 2. The first-order valence-corrected chi connectivity index (χ1v) is 11.7. The number of allylic oxidation sites excluding steroid dienone is 1. The lowest BCUT2D eigenvalue weighted by atomic mass is 10.1. The van der Waals surface area contributed by atoms with Gasteiger partial charge in [0, 0.05) is 41.3 Å². The number of nitrogens with zero attached hydrogens (tertiary/aromatic N) is 1. The molecule has 2 fully saturated rings. The molecule has 2 aliphatic rings. The second-order valence-electron chi connectivity index (χ2n) is 7.69. The van der Waals surface area contributed by atoms with Gasteiger partial charge in [-0.3, -0.25) is 14.5 Å². The standard InChI is InChI=1S/C24H24FN3O4S/c25-20-12-17(6-7-19(20)22-14-26-10-11-33-22)28-15-18(32-24(28)31)13-27-23(30)9-8-21(29)16-4-2-1-3-5-16/h1-9,12,18,22,26H,10-11,13-15H2,(H,27,30)/b9-8+. The molecule has 2 N–H and O–H groups in total. The number of hydrogen-bond donors (Lipinski definition) is 2. The van der Waals surface area contributed by atoms with E-state index >= 15 is 0 Å². The van der Waals surface area contributed by atoms with E-state index in [-0.39, 0.29) is 29.9 Å². The summed E-state index contributed by atoms with van der Waals surface area (Å²) >= 11 is 1.71. The third-order valence-corrected chi connectivity index (χ3v) is 6.66. The van der Waals surface area contributed by atoms with E-state index in [0.717, 1.165) is 18.4 Å². The van der Waals surface area contributed by atoms with E-state index in [9.17, 15) is 18.8 Å². The second-order valence-corrected chi connectivity index (χ2v) is 9.01. The first-order valence-electron chi connectivity index (χ1n) is 10.7. The Morgan fingerprint density at radius 1 is 1.21 bits per heavy atom. The highest BCUT2D eigenvalue weighted by atomic mass is 32.2. The van der Waals surface area contributed by atoms with Crippen LogP contribution in [0.3, 0.4) is 0 Å². The number of halogens is 1. The number of carbonyl (C=O) groups is 3. The largest absolute Gasteiger partial charge is 0.442 e. The van der Waals surface area contributed by atoms with Gasteiger partial charge in [-0.15, -0.1) is 0 Å². The van der Waals surface area contributed by atoms with Crippen LogP contribution in [0.25, 0.3) is 0 Å². The Bertz CT molecular complexity index is 1060. The van der Waals surface area contributed by atoms with E-state index in [1.807, 2.05) is 0 Å². The van der Waals surface area contributed by atoms with E-state index in [2.05, 4.69) is 10.6 Å². The van der Waals surface area contributed by atoms with Gasteiger partial charge in [0.05, 0.1) is 18.8 Å². The van der Waals surface area contributed by atoms with Crippen molar-refractivity contribution in [2.75, 3.05) is 36.8 Å². The molecule has 2 aromatic carbocycles. The maximum atomic E-state index is 14.7. The van der Waals surface area contributed by atoms with Gasteiger partial charge in [0.15, 0.2) is 5.78 Å². The highest BCUT2D eigenvalue weighted by Crippen LogP contribution is 2.34. The Hall–Kier alpha value is -3.17. The highest BCUT2D eigenvalue weighted by Gasteiger charge is 2.33. The summed E-state index contributed by atoms with van der Waals surface area (Å²) in [5.74, 6) is -0.181. The van der Waals surface area contributed by atoms with Gasteiger partial charge in [-0.05, 0) is 18.2 Å². The van der Waals surface area contributed by atoms with Gasteiger partial charge < -0.3 is 15.4 Å². The number of nitrogens with one attached hydrogen (secondary N) is 2. The molecule has 0 radical (unpaired) electrons. The number of ketones is 1. The maximum Gasteiger partial charge on any atom is 0.414 e. The van der Waals surface area contributed by atoms with E-state index in [4.69, 9.17) is 4.74 Å². The number of amides is 2. The minimum Gasteiger partial charge on any atom is -0.442 e. The van der Waals surface area contributed by atoms with Crippen LogP contribution in [0.1, 0.15) is 21.2 Å². The van der Waals surface area contributed by atoms with Gasteiger partial charge in [-0.2, -0.15) is 11.8 Å². The normalized spacial score (nSPS) is 20.6. The van der Waals surface area contributed by atoms with Crippen LogP contribution in [0.5, 0.6) is 0 Å². The van der Waals surface area contributed by atoms with Crippen LogP contribution in [0.2, 0.25) is 0 Å².